The predicted octanol–water partition coefficient (Wildman–Crippen LogP) is 13.8. The number of rotatable bonds is 14. The van der Waals surface area contributed by atoms with Gasteiger partial charge in [-0.15, -0.1) is 20.4 Å². The van der Waals surface area contributed by atoms with Gasteiger partial charge in [-0.25, -0.2) is 0 Å². The molecule has 9 aromatic rings. The van der Waals surface area contributed by atoms with Crippen LogP contribution >= 0.6 is 23.2 Å². The molecule has 0 bridgehead atoms. The molecule has 1 aromatic heterocycles. The summed E-state index contributed by atoms with van der Waals surface area (Å²) in [5.41, 5.74) is 2.72. The highest BCUT2D eigenvalue weighted by Gasteiger charge is 2.23. The van der Waals surface area contributed by atoms with Crippen molar-refractivity contribution in [1.82, 2.24) is 10.2 Å². The minimum absolute atomic E-state index is 0.0476. The number of hydrogen-bond acceptors (Lipinski definition) is 15. The van der Waals surface area contributed by atoms with Crippen LogP contribution in [-0.4, -0.2) is 60.7 Å². The Bertz CT molecular complexity index is 3350. The minimum atomic E-state index is -0.631. The van der Waals surface area contributed by atoms with E-state index in [2.05, 4.69) is 41.3 Å². The van der Waals surface area contributed by atoms with Gasteiger partial charge in [0.05, 0.1) is 72.4 Å². The van der Waals surface area contributed by atoms with Crippen LogP contribution in [-0.2, 0) is 0 Å². The fourth-order valence-electron chi connectivity index (χ4n) is 7.49. The van der Waals surface area contributed by atoms with Gasteiger partial charge in [0.25, 0.3) is 11.8 Å². The number of azo groups is 2. The van der Waals surface area contributed by atoms with Gasteiger partial charge in [0, 0.05) is 46.2 Å². The second kappa shape index (κ2) is 20.3. The number of carbonyl (C=O) groups excluding carboxylic acids is 2. The van der Waals surface area contributed by atoms with Crippen LogP contribution in [0, 0.1) is 0 Å². The average molecular weight is 990 g/mol. The van der Waals surface area contributed by atoms with E-state index in [1.165, 1.54) is 52.7 Å². The highest BCUT2D eigenvalue weighted by molar-refractivity contribution is 6.33. The Labute approximate surface area is 413 Å². The van der Waals surface area contributed by atoms with Crippen molar-refractivity contribution < 1.29 is 43.2 Å². The van der Waals surface area contributed by atoms with Crippen molar-refractivity contribution in [1.29, 1.82) is 0 Å². The molecule has 19 heteroatoms. The van der Waals surface area contributed by atoms with E-state index in [9.17, 15) is 19.8 Å². The number of nitrogens with one attached hydrogen (secondary N) is 2. The van der Waals surface area contributed by atoms with Crippen LogP contribution in [0.15, 0.2) is 158 Å². The first kappa shape index (κ1) is 47.0. The fourth-order valence-corrected chi connectivity index (χ4v) is 7.95. The third-order valence-electron chi connectivity index (χ3n) is 11.1. The van der Waals surface area contributed by atoms with Gasteiger partial charge in [0.15, 0.2) is 11.5 Å². The zero-order valence-electron chi connectivity index (χ0n) is 37.9. The van der Waals surface area contributed by atoms with E-state index >= 15 is 0 Å². The number of halogens is 2. The third-order valence-corrected chi connectivity index (χ3v) is 11.7. The quantitative estimate of drug-likeness (QED) is 0.0750. The fraction of sp³-hybridized carbons (Fsp3) is 0.0769. The smallest absolute Gasteiger partial charge is 0.259 e. The Balaban J connectivity index is 0.906. The molecule has 4 N–H and O–H groups in total. The predicted molar refractivity (Wildman–Crippen MR) is 270 cm³/mol. The third kappa shape index (κ3) is 9.67. The van der Waals surface area contributed by atoms with Crippen molar-refractivity contribution in [2.75, 3.05) is 39.1 Å². The molecular weight excluding hydrogens is 952 g/mol. The zero-order valence-corrected chi connectivity index (χ0v) is 39.4. The number of methoxy groups -OCH3 is 4. The lowest BCUT2D eigenvalue weighted by molar-refractivity contribution is 0.101. The summed E-state index contributed by atoms with van der Waals surface area (Å²) < 4.78 is 27.5. The van der Waals surface area contributed by atoms with Crippen molar-refractivity contribution in [2.45, 2.75) is 0 Å². The number of aromatic hydroxyl groups is 2. The molecule has 1 heterocycles. The molecule has 0 atom stereocenters. The number of nitrogens with zero attached hydrogens (tertiary/aromatic N) is 6. The zero-order chi connectivity index (χ0) is 49.8. The summed E-state index contributed by atoms with van der Waals surface area (Å²) in [4.78, 5) is 27.3. The molecule has 0 aliphatic rings. The lowest BCUT2D eigenvalue weighted by atomic mass is 10.0. The van der Waals surface area contributed by atoms with E-state index in [1.807, 2.05) is 12.1 Å². The number of hydrogen-bond donors (Lipinski definition) is 4. The Morgan fingerprint density at radius 2 is 0.887 bits per heavy atom. The molecule has 71 heavy (non-hydrogen) atoms. The van der Waals surface area contributed by atoms with Gasteiger partial charge in [-0.3, -0.25) is 9.59 Å². The van der Waals surface area contributed by atoms with Crippen molar-refractivity contribution in [3.63, 3.8) is 0 Å². The van der Waals surface area contributed by atoms with E-state index in [1.54, 1.807) is 97.1 Å². The summed E-state index contributed by atoms with van der Waals surface area (Å²) in [6, 6.07) is 37.2. The highest BCUT2D eigenvalue weighted by Crippen LogP contribution is 2.43. The standard InChI is InChI=1S/C52H38Cl2N8O9/c1-67-41-25-39(43(69-3)23-37(41)53)55-49(65)35-21-29-9-5-7-11-33(29)45(47(35)63)59-57-31-17-13-27(14-18-31)51-61-62-52(71-51)28-15-19-32(20-16-28)58-60-46-34-12-8-6-10-30(34)22-36(48(46)64)50(66)56-40-26-42(68-2)38(54)24-44(40)70-4/h5-26,63-64H,1-4H3,(H,55,65)(H,56,66). The molecule has 17 nitrogen and oxygen atoms in total. The number of amides is 2. The summed E-state index contributed by atoms with van der Waals surface area (Å²) in [5, 5.41) is 57.4. The van der Waals surface area contributed by atoms with Gasteiger partial charge in [-0.2, -0.15) is 10.2 Å². The van der Waals surface area contributed by atoms with Crippen LogP contribution in [0.4, 0.5) is 34.1 Å². The van der Waals surface area contributed by atoms with Gasteiger partial charge in [0.2, 0.25) is 11.8 Å². The van der Waals surface area contributed by atoms with Crippen LogP contribution < -0.4 is 29.6 Å². The largest absolute Gasteiger partial charge is 0.505 e. The minimum Gasteiger partial charge on any atom is -0.505 e. The summed E-state index contributed by atoms with van der Waals surface area (Å²) in [6.07, 6.45) is 0. The Morgan fingerprint density at radius 3 is 1.27 bits per heavy atom. The number of anilines is 2. The van der Waals surface area contributed by atoms with Gasteiger partial charge in [0.1, 0.15) is 34.4 Å². The Kier molecular flexibility index (Phi) is 13.4. The van der Waals surface area contributed by atoms with E-state index in [0.29, 0.717) is 77.1 Å². The number of phenolic OH excluding ortho intramolecular Hbond substituents is 2. The van der Waals surface area contributed by atoms with Gasteiger partial charge < -0.3 is 44.2 Å². The van der Waals surface area contributed by atoms with Gasteiger partial charge in [-0.05, 0) is 71.4 Å². The molecule has 2 amide bonds. The SMILES string of the molecule is COc1cc(NC(=O)c2cc3ccccc3c(N=Nc3ccc(-c4nnc(-c5ccc(N=Nc6c(O)c(C(=O)Nc7cc(OC)c(Cl)cc7OC)cc7ccccc67)cc5)o4)cc3)c2O)c(OC)cc1Cl. The number of ether oxygens (including phenoxy) is 4. The molecule has 0 aliphatic carbocycles. The van der Waals surface area contributed by atoms with Crippen LogP contribution in [0.2, 0.25) is 10.0 Å². The maximum absolute atomic E-state index is 13.6. The maximum atomic E-state index is 13.6. The summed E-state index contributed by atoms with van der Waals surface area (Å²) in [6.45, 7) is 0. The second-order valence-corrected chi connectivity index (χ2v) is 16.2. The van der Waals surface area contributed by atoms with Crippen molar-refractivity contribution in [2.24, 2.45) is 20.5 Å². The summed E-state index contributed by atoms with van der Waals surface area (Å²) in [5.74, 6) is -0.312. The topological polar surface area (TPSA) is 224 Å². The van der Waals surface area contributed by atoms with Gasteiger partial charge in [-0.1, -0.05) is 71.7 Å². The normalized spacial score (nSPS) is 11.4. The molecule has 0 saturated heterocycles. The first-order chi connectivity index (χ1) is 34.5. The Morgan fingerprint density at radius 1 is 0.507 bits per heavy atom. The molecule has 0 unspecified atom stereocenters. The second-order valence-electron chi connectivity index (χ2n) is 15.4. The molecule has 0 aliphatic heterocycles. The summed E-state index contributed by atoms with van der Waals surface area (Å²) in [7, 11) is 5.78. The summed E-state index contributed by atoms with van der Waals surface area (Å²) >= 11 is 12.5. The van der Waals surface area contributed by atoms with E-state index in [0.717, 1.165) is 0 Å². The first-order valence-electron chi connectivity index (χ1n) is 21.3. The van der Waals surface area contributed by atoms with Crippen molar-refractivity contribution >= 4 is 90.7 Å². The lowest BCUT2D eigenvalue weighted by Crippen LogP contribution is -2.13. The van der Waals surface area contributed by atoms with Crippen molar-refractivity contribution in [3.05, 3.63) is 155 Å². The number of carbonyl (C=O) groups is 2. The number of benzene rings is 8. The highest BCUT2D eigenvalue weighted by atomic mass is 35.5. The first-order valence-corrected chi connectivity index (χ1v) is 22.1. The number of aromatic nitrogens is 2. The van der Waals surface area contributed by atoms with Gasteiger partial charge >= 0.3 is 0 Å². The average Bonchev–Trinajstić information content (AvgIpc) is 3.89. The number of fused-ring (bicyclic) bond motifs is 2. The number of phenols is 2. The Hall–Kier alpha value is -9.06. The molecule has 9 rings (SSSR count). The molecule has 0 saturated carbocycles. The molecule has 0 spiro atoms. The van der Waals surface area contributed by atoms with E-state index < -0.39 is 11.8 Å². The van der Waals surface area contributed by atoms with Crippen LogP contribution in [0.25, 0.3) is 44.5 Å². The molecule has 0 radical (unpaired) electrons. The molecular formula is C52H38Cl2N8O9. The molecule has 0 fully saturated rings. The van der Waals surface area contributed by atoms with Crippen molar-refractivity contribution in [3.8, 4) is 57.4 Å². The van der Waals surface area contributed by atoms with E-state index in [-0.39, 0.29) is 57.2 Å². The maximum Gasteiger partial charge on any atom is 0.259 e. The van der Waals surface area contributed by atoms with Crippen LogP contribution in [0.1, 0.15) is 20.7 Å². The van der Waals surface area contributed by atoms with Crippen LogP contribution in [0.5, 0.6) is 34.5 Å². The monoisotopic (exact) mass is 988 g/mol. The van der Waals surface area contributed by atoms with E-state index in [4.69, 9.17) is 46.6 Å². The lowest BCUT2D eigenvalue weighted by Gasteiger charge is -2.14. The van der Waals surface area contributed by atoms with Crippen LogP contribution in [0.3, 0.4) is 0 Å². The molecule has 354 valence electrons. The molecule has 8 aromatic carbocycles.